The van der Waals surface area contributed by atoms with Gasteiger partial charge >= 0.3 is 0 Å². The number of amides is 3. The predicted molar refractivity (Wildman–Crippen MR) is 143 cm³/mol. The zero-order valence-corrected chi connectivity index (χ0v) is 21.6. The van der Waals surface area contributed by atoms with E-state index in [9.17, 15) is 19.2 Å². The topological polar surface area (TPSA) is 99.7 Å². The second-order valence-corrected chi connectivity index (χ2v) is 9.58. The zero-order chi connectivity index (χ0) is 27.3. The maximum atomic E-state index is 14.4. The Hall–Kier alpha value is -4.59. The Bertz CT molecular complexity index is 1340. The molecular weight excluding hydrogens is 480 g/mol. The fourth-order valence-electron chi connectivity index (χ4n) is 4.81. The van der Waals surface area contributed by atoms with Gasteiger partial charge in [-0.3, -0.25) is 29.1 Å². The highest BCUT2D eigenvalue weighted by Gasteiger charge is 2.50. The maximum absolute atomic E-state index is 14.4. The number of carbonyl (C=O) groups excluding carboxylic acids is 4. The van der Waals surface area contributed by atoms with Crippen molar-refractivity contribution in [3.8, 4) is 0 Å². The summed E-state index contributed by atoms with van der Waals surface area (Å²) in [5.74, 6) is -1.64. The standard InChI is InChI=1S/C30H30N4O4/c1-21(2)27-29(38)34(30(20-35,32-22(3)36)17-23-11-6-4-7-12-23)26(24-13-8-5-9-14-24)19-33(27)28(37)25-15-10-16-31-18-25/h4-16,18-21,27H,17H2,1-3H3,(H,32,36)/t27-,30+/m1/s1. The van der Waals surface area contributed by atoms with E-state index in [1.54, 1.807) is 48.8 Å². The monoisotopic (exact) mass is 510 g/mol. The fourth-order valence-corrected chi connectivity index (χ4v) is 4.81. The Morgan fingerprint density at radius 2 is 1.68 bits per heavy atom. The van der Waals surface area contributed by atoms with E-state index >= 15 is 0 Å². The number of aldehydes is 1. The summed E-state index contributed by atoms with van der Waals surface area (Å²) in [5, 5.41) is 2.77. The summed E-state index contributed by atoms with van der Waals surface area (Å²) in [5.41, 5.74) is 0.278. The molecule has 1 aromatic heterocycles. The summed E-state index contributed by atoms with van der Waals surface area (Å²) in [4.78, 5) is 60.4. The van der Waals surface area contributed by atoms with Gasteiger partial charge in [0, 0.05) is 31.9 Å². The lowest BCUT2D eigenvalue weighted by Gasteiger charge is -2.48. The molecule has 0 radical (unpaired) electrons. The first-order valence-corrected chi connectivity index (χ1v) is 12.4. The van der Waals surface area contributed by atoms with Gasteiger partial charge in [0.05, 0.1) is 11.3 Å². The number of nitrogens with zero attached hydrogens (tertiary/aromatic N) is 3. The van der Waals surface area contributed by atoms with Gasteiger partial charge in [0.15, 0.2) is 11.9 Å². The molecule has 3 aromatic rings. The van der Waals surface area contributed by atoms with Crippen molar-refractivity contribution in [2.45, 2.75) is 38.9 Å². The highest BCUT2D eigenvalue weighted by molar-refractivity contribution is 6.04. The van der Waals surface area contributed by atoms with Crippen molar-refractivity contribution in [3.63, 3.8) is 0 Å². The number of carbonyl (C=O) groups is 4. The number of benzene rings is 2. The molecule has 8 heteroatoms. The van der Waals surface area contributed by atoms with Gasteiger partial charge in [0.25, 0.3) is 11.8 Å². The minimum Gasteiger partial charge on any atom is -0.327 e. The highest BCUT2D eigenvalue weighted by atomic mass is 16.2. The van der Waals surface area contributed by atoms with Gasteiger partial charge < -0.3 is 10.2 Å². The molecule has 0 unspecified atom stereocenters. The molecule has 2 atom stereocenters. The van der Waals surface area contributed by atoms with Crippen LogP contribution in [0.25, 0.3) is 5.70 Å². The highest BCUT2D eigenvalue weighted by Crippen LogP contribution is 2.36. The van der Waals surface area contributed by atoms with Crippen LogP contribution in [0.1, 0.15) is 42.3 Å². The van der Waals surface area contributed by atoms with E-state index in [0.29, 0.717) is 23.1 Å². The summed E-state index contributed by atoms with van der Waals surface area (Å²) in [7, 11) is 0. The normalized spacial score (nSPS) is 17.0. The number of hydrogen-bond donors (Lipinski definition) is 1. The Labute approximate surface area is 222 Å². The molecule has 1 aliphatic heterocycles. The SMILES string of the molecule is CC(=O)N[C@@](C=O)(Cc1ccccc1)N1C(=O)[C@@H](C(C)C)N(C(=O)c2cccnc2)C=C1c1ccccc1. The molecule has 0 saturated heterocycles. The van der Waals surface area contributed by atoms with Crippen LogP contribution in [-0.4, -0.2) is 50.5 Å². The van der Waals surface area contributed by atoms with Crippen molar-refractivity contribution in [1.29, 1.82) is 0 Å². The van der Waals surface area contributed by atoms with Crippen molar-refractivity contribution < 1.29 is 19.2 Å². The zero-order valence-electron chi connectivity index (χ0n) is 21.6. The molecule has 8 nitrogen and oxygen atoms in total. The number of rotatable bonds is 8. The minimum atomic E-state index is -1.73. The molecule has 1 aliphatic rings. The van der Waals surface area contributed by atoms with Crippen LogP contribution in [0.15, 0.2) is 91.4 Å². The van der Waals surface area contributed by atoms with Crippen LogP contribution in [-0.2, 0) is 20.8 Å². The van der Waals surface area contributed by atoms with Gasteiger partial charge in [-0.15, -0.1) is 0 Å². The van der Waals surface area contributed by atoms with Crippen LogP contribution in [0, 0.1) is 5.92 Å². The summed E-state index contributed by atoms with van der Waals surface area (Å²) >= 11 is 0. The quantitative estimate of drug-likeness (QED) is 0.466. The third kappa shape index (κ3) is 5.25. The maximum Gasteiger partial charge on any atom is 0.260 e. The van der Waals surface area contributed by atoms with Crippen LogP contribution in [0.2, 0.25) is 0 Å². The summed E-state index contributed by atoms with van der Waals surface area (Å²) in [6.07, 6.45) is 5.26. The van der Waals surface area contributed by atoms with Gasteiger partial charge in [-0.05, 0) is 29.2 Å². The smallest absolute Gasteiger partial charge is 0.260 e. The average Bonchev–Trinajstić information content (AvgIpc) is 2.92. The molecule has 0 saturated carbocycles. The van der Waals surface area contributed by atoms with E-state index < -0.39 is 29.4 Å². The van der Waals surface area contributed by atoms with Crippen LogP contribution in [0.4, 0.5) is 0 Å². The summed E-state index contributed by atoms with van der Waals surface area (Å²) < 4.78 is 0. The van der Waals surface area contributed by atoms with Crippen molar-refractivity contribution in [1.82, 2.24) is 20.1 Å². The third-order valence-electron chi connectivity index (χ3n) is 6.42. The van der Waals surface area contributed by atoms with E-state index in [4.69, 9.17) is 0 Å². The van der Waals surface area contributed by atoms with E-state index in [1.165, 1.54) is 22.9 Å². The van der Waals surface area contributed by atoms with Crippen LogP contribution in [0.3, 0.4) is 0 Å². The fraction of sp³-hybridized carbons (Fsp3) is 0.233. The molecule has 0 spiro atoms. The van der Waals surface area contributed by atoms with Crippen LogP contribution < -0.4 is 5.32 Å². The lowest BCUT2D eigenvalue weighted by Crippen LogP contribution is -2.68. The first-order chi connectivity index (χ1) is 18.3. The van der Waals surface area contributed by atoms with E-state index in [0.717, 1.165) is 5.56 Å². The van der Waals surface area contributed by atoms with Gasteiger partial charge in [-0.2, -0.15) is 0 Å². The van der Waals surface area contributed by atoms with Gasteiger partial charge in [-0.25, -0.2) is 0 Å². The number of nitrogens with one attached hydrogen (secondary N) is 1. The van der Waals surface area contributed by atoms with Crippen LogP contribution >= 0.6 is 0 Å². The van der Waals surface area contributed by atoms with Gasteiger partial charge in [0.2, 0.25) is 5.91 Å². The first kappa shape index (κ1) is 26.5. The third-order valence-corrected chi connectivity index (χ3v) is 6.42. The Kier molecular flexibility index (Phi) is 7.81. The molecular formula is C30H30N4O4. The second-order valence-electron chi connectivity index (χ2n) is 9.58. The van der Waals surface area contributed by atoms with Gasteiger partial charge in [0.1, 0.15) is 6.04 Å². The minimum absolute atomic E-state index is 0.0359. The molecule has 38 heavy (non-hydrogen) atoms. The molecule has 3 amide bonds. The van der Waals surface area contributed by atoms with Crippen LogP contribution in [0.5, 0.6) is 0 Å². The summed E-state index contributed by atoms with van der Waals surface area (Å²) in [6, 6.07) is 20.6. The molecule has 2 heterocycles. The Morgan fingerprint density at radius 3 is 2.24 bits per heavy atom. The van der Waals surface area contributed by atoms with Crippen molar-refractivity contribution in [2.75, 3.05) is 0 Å². The number of aromatic nitrogens is 1. The van der Waals surface area contributed by atoms with E-state index in [1.807, 2.05) is 50.2 Å². The van der Waals surface area contributed by atoms with Crippen molar-refractivity contribution >= 4 is 29.7 Å². The predicted octanol–water partition coefficient (Wildman–Crippen LogP) is 3.66. The number of pyridine rings is 1. The Balaban J connectivity index is 1.96. The lowest BCUT2D eigenvalue weighted by atomic mass is 9.90. The molecule has 1 N–H and O–H groups in total. The summed E-state index contributed by atoms with van der Waals surface area (Å²) in [6.45, 7) is 4.98. The number of hydrogen-bond acceptors (Lipinski definition) is 5. The molecule has 0 bridgehead atoms. The Morgan fingerprint density at radius 1 is 1.03 bits per heavy atom. The molecule has 194 valence electrons. The van der Waals surface area contributed by atoms with Crippen molar-refractivity contribution in [3.05, 3.63) is 108 Å². The first-order valence-electron chi connectivity index (χ1n) is 12.4. The average molecular weight is 511 g/mol. The lowest BCUT2D eigenvalue weighted by molar-refractivity contribution is -0.146. The molecule has 0 fully saturated rings. The molecule has 4 rings (SSSR count). The molecule has 0 aliphatic carbocycles. The molecule has 2 aromatic carbocycles. The van der Waals surface area contributed by atoms with E-state index in [2.05, 4.69) is 10.3 Å². The second kappa shape index (κ2) is 11.2. The van der Waals surface area contributed by atoms with Crippen molar-refractivity contribution in [2.24, 2.45) is 5.92 Å². The van der Waals surface area contributed by atoms with E-state index in [-0.39, 0.29) is 12.3 Å². The van der Waals surface area contributed by atoms with Gasteiger partial charge in [-0.1, -0.05) is 74.5 Å². The largest absolute Gasteiger partial charge is 0.327 e.